The topological polar surface area (TPSA) is 99.3 Å². The zero-order chi connectivity index (χ0) is 11.4. The molecule has 2 atom stereocenters. The van der Waals surface area contributed by atoms with Gasteiger partial charge in [0.05, 0.1) is 11.8 Å². The molecule has 1 aromatic heterocycles. The van der Waals surface area contributed by atoms with Gasteiger partial charge in [-0.05, 0) is 18.2 Å². The van der Waals surface area contributed by atoms with Crippen LogP contribution in [0.2, 0.25) is 0 Å². The minimum atomic E-state index is -1.06. The number of nitrogens with one attached hydrogen (secondary N) is 1. The van der Waals surface area contributed by atoms with Crippen LogP contribution >= 0.6 is 12.6 Å². The average Bonchev–Trinajstić information content (AvgIpc) is 2.21. The molecule has 0 aliphatic carbocycles. The number of nitrogen functional groups attached to an aromatic ring is 1. The minimum Gasteiger partial charge on any atom is -0.394 e. The predicted molar refractivity (Wildman–Crippen MR) is 60.9 cm³/mol. The Morgan fingerprint density at radius 3 is 2.73 bits per heavy atom. The Balaban J connectivity index is 2.86. The maximum Gasteiger partial charge on any atom is 0.271 e. The number of hydrogen-bond acceptors (Lipinski definition) is 5. The average molecular weight is 230 g/mol. The molecule has 5 nitrogen and oxygen atoms in total. The second kappa shape index (κ2) is 5.20. The van der Waals surface area contributed by atoms with Gasteiger partial charge in [0.15, 0.2) is 0 Å². The summed E-state index contributed by atoms with van der Waals surface area (Å²) in [6.45, 7) is 0. The van der Waals surface area contributed by atoms with Crippen molar-refractivity contribution in [3.05, 3.63) is 28.2 Å². The van der Waals surface area contributed by atoms with Crippen molar-refractivity contribution < 1.29 is 10.2 Å². The summed E-state index contributed by atoms with van der Waals surface area (Å²) in [4.78, 5) is 13.3. The van der Waals surface area contributed by atoms with E-state index in [0.29, 0.717) is 17.7 Å². The van der Waals surface area contributed by atoms with Crippen molar-refractivity contribution in [3.63, 3.8) is 0 Å². The molecule has 5 N–H and O–H groups in total. The maximum absolute atomic E-state index is 11.0. The first-order valence-corrected chi connectivity index (χ1v) is 5.14. The van der Waals surface area contributed by atoms with E-state index in [-0.39, 0.29) is 5.69 Å². The van der Waals surface area contributed by atoms with Crippen LogP contribution in [0.15, 0.2) is 17.1 Å². The lowest BCUT2D eigenvalue weighted by Crippen LogP contribution is -2.21. The first-order valence-electron chi connectivity index (χ1n) is 4.51. The van der Waals surface area contributed by atoms with E-state index in [2.05, 4.69) is 17.6 Å². The smallest absolute Gasteiger partial charge is 0.271 e. The number of hydrogen-bond donors (Lipinski definition) is 5. The predicted octanol–water partition coefficient (Wildman–Crippen LogP) is -0.329. The number of rotatable bonds is 4. The maximum atomic E-state index is 11.0. The highest BCUT2D eigenvalue weighted by Gasteiger charge is 2.18. The summed E-state index contributed by atoms with van der Waals surface area (Å²) in [6, 6.07) is 1.35. The zero-order valence-corrected chi connectivity index (χ0v) is 8.95. The van der Waals surface area contributed by atoms with Crippen molar-refractivity contribution in [2.24, 2.45) is 0 Å². The molecule has 0 spiro atoms. The lowest BCUT2D eigenvalue weighted by molar-refractivity contribution is 0.0170. The molecule has 0 aliphatic rings. The van der Waals surface area contributed by atoms with Crippen LogP contribution in [-0.2, 0) is 0 Å². The first kappa shape index (κ1) is 12.1. The molecule has 0 aromatic carbocycles. The first-order chi connectivity index (χ1) is 7.06. The normalized spacial score (nSPS) is 14.9. The molecule has 1 heterocycles. The molecular formula is C9H14N2O3S. The van der Waals surface area contributed by atoms with Crippen molar-refractivity contribution in [2.45, 2.75) is 18.6 Å². The van der Waals surface area contributed by atoms with Crippen LogP contribution in [0.5, 0.6) is 0 Å². The number of aromatic nitrogens is 1. The number of aliphatic hydroxyl groups excluding tert-OH is 2. The fraction of sp³-hybridized carbons (Fsp3) is 0.444. The van der Waals surface area contributed by atoms with Gasteiger partial charge in [-0.2, -0.15) is 12.6 Å². The van der Waals surface area contributed by atoms with Crippen molar-refractivity contribution in [2.75, 3.05) is 11.5 Å². The van der Waals surface area contributed by atoms with Crippen LogP contribution < -0.4 is 11.3 Å². The third kappa shape index (κ3) is 2.98. The van der Waals surface area contributed by atoms with Gasteiger partial charge in [-0.3, -0.25) is 4.79 Å². The molecule has 0 saturated heterocycles. The van der Waals surface area contributed by atoms with Crippen molar-refractivity contribution in [1.82, 2.24) is 4.98 Å². The quantitative estimate of drug-likeness (QED) is 0.457. The molecule has 0 bridgehead atoms. The lowest BCUT2D eigenvalue weighted by Gasteiger charge is -2.17. The highest BCUT2D eigenvalue weighted by Crippen LogP contribution is 2.18. The second-order valence-corrected chi connectivity index (χ2v) is 3.69. The van der Waals surface area contributed by atoms with Crippen molar-refractivity contribution in [3.8, 4) is 0 Å². The Morgan fingerprint density at radius 1 is 1.53 bits per heavy atom. The van der Waals surface area contributed by atoms with E-state index in [0.717, 1.165) is 0 Å². The van der Waals surface area contributed by atoms with Gasteiger partial charge >= 0.3 is 0 Å². The minimum absolute atomic E-state index is 0.0182. The fourth-order valence-corrected chi connectivity index (χ4v) is 1.47. The van der Waals surface area contributed by atoms with Gasteiger partial charge in [0.2, 0.25) is 0 Å². The van der Waals surface area contributed by atoms with E-state index in [1.165, 1.54) is 12.3 Å². The van der Waals surface area contributed by atoms with E-state index < -0.39 is 17.8 Å². The summed E-state index contributed by atoms with van der Waals surface area (Å²) in [5.74, 6) is 0.469. The van der Waals surface area contributed by atoms with Crippen molar-refractivity contribution in [1.29, 1.82) is 0 Å². The van der Waals surface area contributed by atoms with Crippen molar-refractivity contribution >= 4 is 18.3 Å². The van der Waals surface area contributed by atoms with Gasteiger partial charge in [0, 0.05) is 11.8 Å². The van der Waals surface area contributed by atoms with Gasteiger partial charge in [0.1, 0.15) is 6.10 Å². The van der Waals surface area contributed by atoms with Gasteiger partial charge < -0.3 is 20.9 Å². The third-order valence-electron chi connectivity index (χ3n) is 2.09. The molecule has 6 heteroatoms. The van der Waals surface area contributed by atoms with E-state index in [1.807, 2.05) is 0 Å². The highest BCUT2D eigenvalue weighted by atomic mass is 32.1. The summed E-state index contributed by atoms with van der Waals surface area (Å²) in [6.07, 6.45) is -0.266. The van der Waals surface area contributed by atoms with Crippen LogP contribution in [-0.4, -0.2) is 27.1 Å². The Bertz CT molecular complexity index is 380. The Hall–Kier alpha value is -0.980. The zero-order valence-electron chi connectivity index (χ0n) is 8.05. The molecule has 84 valence electrons. The van der Waals surface area contributed by atoms with E-state index in [9.17, 15) is 15.0 Å². The molecular weight excluding hydrogens is 216 g/mol. The summed E-state index contributed by atoms with van der Waals surface area (Å²) >= 11 is 3.95. The highest BCUT2D eigenvalue weighted by molar-refractivity contribution is 7.80. The standard InChI is InChI=1S/C9H14N2O3S/c10-6-3-5(4-11-9(6)14)8(13)7(12)1-2-15/h3-4,7-8,12-13,15H,1-2,10H2,(H,11,14). The number of anilines is 1. The van der Waals surface area contributed by atoms with Crippen LogP contribution in [0.1, 0.15) is 18.1 Å². The molecule has 0 fully saturated rings. The Morgan fingerprint density at radius 2 is 2.20 bits per heavy atom. The molecule has 0 amide bonds. The fourth-order valence-electron chi connectivity index (χ4n) is 1.20. The Kier molecular flexibility index (Phi) is 4.19. The second-order valence-electron chi connectivity index (χ2n) is 3.24. The van der Waals surface area contributed by atoms with Crippen LogP contribution in [0.4, 0.5) is 5.69 Å². The van der Waals surface area contributed by atoms with Gasteiger partial charge in [0.25, 0.3) is 5.56 Å². The number of aliphatic hydroxyl groups is 2. The largest absolute Gasteiger partial charge is 0.394 e. The number of nitrogens with two attached hydrogens (primary N) is 1. The lowest BCUT2D eigenvalue weighted by atomic mass is 10.0. The Labute approximate surface area is 92.4 Å². The van der Waals surface area contributed by atoms with E-state index >= 15 is 0 Å². The van der Waals surface area contributed by atoms with Gasteiger partial charge in [-0.15, -0.1) is 0 Å². The summed E-state index contributed by atoms with van der Waals surface area (Å²) in [7, 11) is 0. The number of H-pyrrole nitrogens is 1. The molecule has 0 aliphatic heterocycles. The van der Waals surface area contributed by atoms with Gasteiger partial charge in [-0.1, -0.05) is 0 Å². The van der Waals surface area contributed by atoms with Crippen LogP contribution in [0.3, 0.4) is 0 Å². The number of aromatic amines is 1. The number of thiol groups is 1. The monoisotopic (exact) mass is 230 g/mol. The van der Waals surface area contributed by atoms with E-state index in [1.54, 1.807) is 0 Å². The summed E-state index contributed by atoms with van der Waals surface area (Å²) in [5, 5.41) is 19.2. The molecule has 1 rings (SSSR count). The summed E-state index contributed by atoms with van der Waals surface area (Å²) in [5.41, 5.74) is 5.38. The van der Waals surface area contributed by atoms with Crippen LogP contribution in [0, 0.1) is 0 Å². The summed E-state index contributed by atoms with van der Waals surface area (Å²) < 4.78 is 0. The van der Waals surface area contributed by atoms with Gasteiger partial charge in [-0.25, -0.2) is 0 Å². The molecule has 0 saturated carbocycles. The molecule has 1 aromatic rings. The van der Waals surface area contributed by atoms with Crippen LogP contribution in [0.25, 0.3) is 0 Å². The SMILES string of the molecule is Nc1cc(C(O)C(O)CCS)c[nH]c1=O. The van der Waals surface area contributed by atoms with E-state index in [4.69, 9.17) is 5.73 Å². The third-order valence-corrected chi connectivity index (χ3v) is 2.34. The molecule has 15 heavy (non-hydrogen) atoms. The molecule has 0 radical (unpaired) electrons. The molecule has 2 unspecified atom stereocenters. The number of pyridine rings is 1.